The minimum absolute atomic E-state index is 0.0220. The molecule has 0 unspecified atom stereocenters. The summed E-state index contributed by atoms with van der Waals surface area (Å²) in [7, 11) is 2.04. The molecule has 0 radical (unpaired) electrons. The largest absolute Gasteiger partial charge is 0.394 e. The minimum Gasteiger partial charge on any atom is -0.394 e. The Balaban J connectivity index is 2.35. The van der Waals surface area contributed by atoms with E-state index in [-0.39, 0.29) is 18.8 Å². The minimum atomic E-state index is 0.0220. The van der Waals surface area contributed by atoms with Crippen LogP contribution in [0.2, 0.25) is 0 Å². The molecule has 1 fully saturated rings. The van der Waals surface area contributed by atoms with Gasteiger partial charge in [-0.25, -0.2) is 0 Å². The molecule has 0 aromatic rings. The molecule has 0 aliphatic carbocycles. The van der Waals surface area contributed by atoms with Gasteiger partial charge in [0.25, 0.3) is 0 Å². The highest BCUT2D eigenvalue weighted by Gasteiger charge is 2.21. The Kier molecular flexibility index (Phi) is 2.65. The third-order valence-electron chi connectivity index (χ3n) is 1.71. The molecule has 1 saturated heterocycles. The van der Waals surface area contributed by atoms with Crippen LogP contribution in [0.25, 0.3) is 0 Å². The molecule has 0 aromatic carbocycles. The van der Waals surface area contributed by atoms with Gasteiger partial charge in [-0.1, -0.05) is 0 Å². The molecule has 0 amide bonds. The first-order chi connectivity index (χ1) is 4.72. The number of aliphatic hydroxyl groups excluding tert-OH is 1. The maximum atomic E-state index is 8.77. The second-order valence-corrected chi connectivity index (χ2v) is 2.97. The summed E-state index contributed by atoms with van der Waals surface area (Å²) in [6.07, 6.45) is 0.282. The van der Waals surface area contributed by atoms with Crippen molar-refractivity contribution in [3.63, 3.8) is 0 Å². The number of rotatable bonds is 1. The van der Waals surface area contributed by atoms with E-state index in [2.05, 4.69) is 4.90 Å². The summed E-state index contributed by atoms with van der Waals surface area (Å²) in [6, 6.07) is 0. The number of morpholine rings is 1. The predicted octanol–water partition coefficient (Wildman–Crippen LogP) is -0.302. The third kappa shape index (κ3) is 1.94. The van der Waals surface area contributed by atoms with Gasteiger partial charge in [0.2, 0.25) is 0 Å². The molecule has 0 bridgehead atoms. The lowest BCUT2D eigenvalue weighted by Gasteiger charge is -2.33. The zero-order chi connectivity index (χ0) is 7.56. The van der Waals surface area contributed by atoms with Gasteiger partial charge in [0.15, 0.2) is 0 Å². The highest BCUT2D eigenvalue weighted by molar-refractivity contribution is 4.72. The number of hydrogen-bond acceptors (Lipinski definition) is 3. The van der Waals surface area contributed by atoms with Crippen molar-refractivity contribution in [1.82, 2.24) is 4.90 Å². The molecular formula is C7H15NO2. The average molecular weight is 145 g/mol. The molecule has 1 rings (SSSR count). The lowest BCUT2D eigenvalue weighted by atomic mass is 10.2. The van der Waals surface area contributed by atoms with Crippen molar-refractivity contribution in [2.75, 3.05) is 26.7 Å². The monoisotopic (exact) mass is 145 g/mol. The van der Waals surface area contributed by atoms with Crippen LogP contribution in [-0.2, 0) is 4.74 Å². The summed E-state index contributed by atoms with van der Waals surface area (Å²) in [5.41, 5.74) is 0. The number of nitrogens with zero attached hydrogens (tertiary/aromatic N) is 1. The Morgan fingerprint density at radius 3 is 2.80 bits per heavy atom. The molecule has 0 spiro atoms. The molecule has 10 heavy (non-hydrogen) atoms. The Bertz CT molecular complexity index is 97.8. The zero-order valence-corrected chi connectivity index (χ0v) is 6.58. The summed E-state index contributed by atoms with van der Waals surface area (Å²) in [6.45, 7) is 3.98. The van der Waals surface area contributed by atoms with Crippen LogP contribution in [0.1, 0.15) is 6.92 Å². The van der Waals surface area contributed by atoms with Crippen LogP contribution in [0.15, 0.2) is 0 Å². The van der Waals surface area contributed by atoms with E-state index in [0.29, 0.717) is 0 Å². The van der Waals surface area contributed by atoms with Gasteiger partial charge in [-0.05, 0) is 14.0 Å². The van der Waals surface area contributed by atoms with Crippen LogP contribution < -0.4 is 0 Å². The number of likely N-dealkylation sites (N-methyl/N-ethyl adjacent to an activating group) is 1. The maximum Gasteiger partial charge on any atom is 0.0936 e. The third-order valence-corrected chi connectivity index (χ3v) is 1.71. The van der Waals surface area contributed by atoms with Crippen molar-refractivity contribution in [2.45, 2.75) is 19.1 Å². The van der Waals surface area contributed by atoms with E-state index in [9.17, 15) is 0 Å². The van der Waals surface area contributed by atoms with Crippen molar-refractivity contribution in [1.29, 1.82) is 0 Å². The van der Waals surface area contributed by atoms with Gasteiger partial charge >= 0.3 is 0 Å². The summed E-state index contributed by atoms with van der Waals surface area (Å²) in [5.74, 6) is 0. The highest BCUT2D eigenvalue weighted by atomic mass is 16.5. The lowest BCUT2D eigenvalue weighted by Crippen LogP contribution is -2.45. The van der Waals surface area contributed by atoms with Gasteiger partial charge in [0.1, 0.15) is 0 Å². The summed E-state index contributed by atoms with van der Waals surface area (Å²) < 4.78 is 5.41. The van der Waals surface area contributed by atoms with E-state index >= 15 is 0 Å². The fraction of sp³-hybridized carbons (Fsp3) is 1.00. The van der Waals surface area contributed by atoms with Gasteiger partial charge in [-0.15, -0.1) is 0 Å². The highest BCUT2D eigenvalue weighted by Crippen LogP contribution is 2.07. The maximum absolute atomic E-state index is 8.77. The molecule has 1 N–H and O–H groups in total. The molecule has 1 aliphatic heterocycles. The number of aliphatic hydroxyl groups is 1. The quantitative estimate of drug-likeness (QED) is 0.550. The Hall–Kier alpha value is -0.120. The fourth-order valence-electron chi connectivity index (χ4n) is 1.38. The van der Waals surface area contributed by atoms with E-state index in [4.69, 9.17) is 9.84 Å². The molecule has 60 valence electrons. The smallest absolute Gasteiger partial charge is 0.0936 e. The van der Waals surface area contributed by atoms with Crippen molar-refractivity contribution in [3.8, 4) is 0 Å². The van der Waals surface area contributed by atoms with Crippen molar-refractivity contribution in [3.05, 3.63) is 0 Å². The molecule has 3 nitrogen and oxygen atoms in total. The molecule has 1 heterocycles. The SMILES string of the molecule is C[C@@H]1CN(C)C[C@@H](CO)O1. The van der Waals surface area contributed by atoms with Crippen LogP contribution in [0.3, 0.4) is 0 Å². The van der Waals surface area contributed by atoms with Gasteiger partial charge in [-0.3, -0.25) is 0 Å². The predicted molar refractivity (Wildman–Crippen MR) is 38.9 cm³/mol. The van der Waals surface area contributed by atoms with Gasteiger partial charge in [0, 0.05) is 13.1 Å². The van der Waals surface area contributed by atoms with Crippen molar-refractivity contribution >= 4 is 0 Å². The first kappa shape index (κ1) is 7.98. The van der Waals surface area contributed by atoms with Gasteiger partial charge in [-0.2, -0.15) is 0 Å². The van der Waals surface area contributed by atoms with Crippen LogP contribution in [0, 0.1) is 0 Å². The second-order valence-electron chi connectivity index (χ2n) is 2.97. The molecule has 2 atom stereocenters. The van der Waals surface area contributed by atoms with E-state index in [0.717, 1.165) is 13.1 Å². The van der Waals surface area contributed by atoms with Crippen LogP contribution in [0.5, 0.6) is 0 Å². The standard InChI is InChI=1S/C7H15NO2/c1-6-3-8(2)4-7(5-9)10-6/h6-7,9H,3-5H2,1-2H3/t6-,7+/m1/s1. The van der Waals surface area contributed by atoms with Crippen LogP contribution in [0.4, 0.5) is 0 Å². The summed E-state index contributed by atoms with van der Waals surface area (Å²) in [5, 5.41) is 8.77. The molecule has 3 heteroatoms. The van der Waals surface area contributed by atoms with E-state index in [1.807, 2.05) is 14.0 Å². The summed E-state index contributed by atoms with van der Waals surface area (Å²) >= 11 is 0. The molecule has 1 aliphatic rings. The average Bonchev–Trinajstić information content (AvgIpc) is 1.85. The molecule has 0 saturated carbocycles. The lowest BCUT2D eigenvalue weighted by molar-refractivity contribution is -0.0887. The summed E-state index contributed by atoms with van der Waals surface area (Å²) in [4.78, 5) is 2.18. The van der Waals surface area contributed by atoms with Crippen molar-refractivity contribution in [2.24, 2.45) is 0 Å². The normalized spacial score (nSPS) is 36.3. The van der Waals surface area contributed by atoms with Crippen LogP contribution in [-0.4, -0.2) is 49.0 Å². The second kappa shape index (κ2) is 3.32. The number of ether oxygens (including phenoxy) is 1. The Morgan fingerprint density at radius 2 is 2.30 bits per heavy atom. The van der Waals surface area contributed by atoms with Gasteiger partial charge < -0.3 is 14.7 Å². The zero-order valence-electron chi connectivity index (χ0n) is 6.58. The number of hydrogen-bond donors (Lipinski definition) is 1. The molecular weight excluding hydrogens is 130 g/mol. The van der Waals surface area contributed by atoms with E-state index in [1.165, 1.54) is 0 Å². The fourth-order valence-corrected chi connectivity index (χ4v) is 1.38. The van der Waals surface area contributed by atoms with Crippen molar-refractivity contribution < 1.29 is 9.84 Å². The first-order valence-electron chi connectivity index (χ1n) is 3.67. The topological polar surface area (TPSA) is 32.7 Å². The first-order valence-corrected chi connectivity index (χ1v) is 3.67. The van der Waals surface area contributed by atoms with Gasteiger partial charge in [0.05, 0.1) is 18.8 Å². The van der Waals surface area contributed by atoms with Crippen LogP contribution >= 0.6 is 0 Å². The molecule has 0 aromatic heterocycles. The Morgan fingerprint density at radius 1 is 1.60 bits per heavy atom. The van der Waals surface area contributed by atoms with E-state index in [1.54, 1.807) is 0 Å². The Labute approximate surface area is 61.6 Å². The van der Waals surface area contributed by atoms with E-state index < -0.39 is 0 Å².